The summed E-state index contributed by atoms with van der Waals surface area (Å²) in [5.74, 6) is -2.43. The minimum Gasteiger partial charge on any atom is -0.461 e. The highest BCUT2D eigenvalue weighted by Gasteiger charge is 2.51. The van der Waals surface area contributed by atoms with Crippen molar-refractivity contribution in [3.8, 4) is 0 Å². The van der Waals surface area contributed by atoms with Crippen LogP contribution in [-0.4, -0.2) is 30.9 Å². The maximum Gasteiger partial charge on any atom is 0.416 e. The van der Waals surface area contributed by atoms with Crippen molar-refractivity contribution in [2.45, 2.75) is 32.6 Å². The third kappa shape index (κ3) is 6.36. The van der Waals surface area contributed by atoms with Gasteiger partial charge in [0.15, 0.2) is 0 Å². The molecule has 0 aromatic heterocycles. The number of anilines is 2. The Morgan fingerprint density at radius 3 is 1.98 bits per heavy atom. The van der Waals surface area contributed by atoms with E-state index in [1.165, 1.54) is 17.0 Å². The highest BCUT2D eigenvalue weighted by atomic mass is 19.4. The van der Waals surface area contributed by atoms with Crippen LogP contribution in [0.2, 0.25) is 0 Å². The van der Waals surface area contributed by atoms with Gasteiger partial charge in [0.05, 0.1) is 16.7 Å². The first-order valence-electron chi connectivity index (χ1n) is 12.3. The van der Waals surface area contributed by atoms with E-state index in [4.69, 9.17) is 4.74 Å². The minimum absolute atomic E-state index is 0.0607. The van der Waals surface area contributed by atoms with Crippen molar-refractivity contribution < 1.29 is 45.5 Å². The molecule has 1 unspecified atom stereocenters. The lowest BCUT2D eigenvalue weighted by Gasteiger charge is -2.28. The van der Waals surface area contributed by atoms with Gasteiger partial charge in [-0.2, -0.15) is 26.3 Å². The molecule has 6 nitrogen and oxygen atoms in total. The molecule has 0 aliphatic carbocycles. The second-order valence-electron chi connectivity index (χ2n) is 9.87. The second-order valence-corrected chi connectivity index (χ2v) is 9.87. The number of ether oxygens (including phenoxy) is 1. The molecule has 4 rings (SSSR count). The molecule has 216 valence electrons. The Hall–Kier alpha value is -4.35. The van der Waals surface area contributed by atoms with Crippen LogP contribution in [0, 0.1) is 19.3 Å². The molecule has 1 aliphatic rings. The van der Waals surface area contributed by atoms with Crippen LogP contribution in [0.5, 0.6) is 0 Å². The van der Waals surface area contributed by atoms with Gasteiger partial charge in [-0.25, -0.2) is 4.79 Å². The summed E-state index contributed by atoms with van der Waals surface area (Å²) in [6.07, 6.45) is -10.8. The highest BCUT2D eigenvalue weighted by molar-refractivity contribution is 6.07. The first-order valence-corrected chi connectivity index (χ1v) is 12.3. The Kier molecular flexibility index (Phi) is 7.88. The summed E-state index contributed by atoms with van der Waals surface area (Å²) in [4.78, 5) is 40.9. The van der Waals surface area contributed by atoms with Crippen LogP contribution < -0.4 is 10.2 Å². The van der Waals surface area contributed by atoms with Crippen molar-refractivity contribution in [1.82, 2.24) is 0 Å². The van der Waals surface area contributed by atoms with Gasteiger partial charge < -0.3 is 15.0 Å². The number of hydrogen-bond acceptors (Lipinski definition) is 4. The number of esters is 1. The maximum atomic E-state index is 13.7. The molecule has 1 saturated heterocycles. The Labute approximate surface area is 230 Å². The molecule has 2 amide bonds. The number of alkyl halides is 6. The monoisotopic (exact) mass is 578 g/mol. The molecular weight excluding hydrogens is 554 g/mol. The molecular formula is C29H24F6N2O4. The lowest BCUT2D eigenvalue weighted by Crippen LogP contribution is -2.43. The van der Waals surface area contributed by atoms with Gasteiger partial charge in [0, 0.05) is 24.3 Å². The summed E-state index contributed by atoms with van der Waals surface area (Å²) < 4.78 is 85.8. The molecule has 1 N–H and O–H groups in total. The van der Waals surface area contributed by atoms with Crippen LogP contribution in [0.25, 0.3) is 0 Å². The number of halogens is 6. The lowest BCUT2D eigenvalue weighted by molar-refractivity contribution is -0.143. The smallest absolute Gasteiger partial charge is 0.416 e. The van der Waals surface area contributed by atoms with E-state index < -0.39 is 65.4 Å². The Balaban J connectivity index is 1.72. The number of rotatable bonds is 6. The van der Waals surface area contributed by atoms with Crippen LogP contribution >= 0.6 is 0 Å². The summed E-state index contributed by atoms with van der Waals surface area (Å²) >= 11 is 0. The fourth-order valence-corrected chi connectivity index (χ4v) is 4.73. The van der Waals surface area contributed by atoms with Crippen LogP contribution in [0.1, 0.15) is 39.0 Å². The van der Waals surface area contributed by atoms with Crippen molar-refractivity contribution in [2.24, 2.45) is 5.41 Å². The van der Waals surface area contributed by atoms with E-state index in [2.05, 4.69) is 5.32 Å². The third-order valence-corrected chi connectivity index (χ3v) is 6.78. The van der Waals surface area contributed by atoms with Crippen molar-refractivity contribution >= 4 is 29.2 Å². The minimum atomic E-state index is -5.13. The normalized spacial score (nSPS) is 17.5. The molecule has 1 atom stereocenters. The SMILES string of the molecule is Cc1cccc(C)c1N1CC(COC(=O)c2ccccc2)(C(=O)Nc2cc(C(F)(F)F)cc(C(F)(F)F)c2)CC1=O. The molecule has 0 radical (unpaired) electrons. The molecule has 1 fully saturated rings. The predicted octanol–water partition coefficient (Wildman–Crippen LogP) is 6.56. The fraction of sp³-hybridized carbons (Fsp3) is 0.276. The van der Waals surface area contributed by atoms with E-state index in [1.54, 1.807) is 50.2 Å². The molecule has 3 aromatic rings. The van der Waals surface area contributed by atoms with Gasteiger partial charge in [-0.15, -0.1) is 0 Å². The predicted molar refractivity (Wildman–Crippen MR) is 137 cm³/mol. The number of carbonyl (C=O) groups is 3. The van der Waals surface area contributed by atoms with Gasteiger partial charge in [-0.05, 0) is 55.3 Å². The van der Waals surface area contributed by atoms with Crippen LogP contribution in [-0.2, 0) is 26.7 Å². The molecule has 41 heavy (non-hydrogen) atoms. The number of hydrogen-bond donors (Lipinski definition) is 1. The highest BCUT2D eigenvalue weighted by Crippen LogP contribution is 2.41. The summed E-state index contributed by atoms with van der Waals surface area (Å²) in [7, 11) is 0. The zero-order valence-electron chi connectivity index (χ0n) is 21.8. The van der Waals surface area contributed by atoms with E-state index in [0.717, 1.165) is 0 Å². The van der Waals surface area contributed by atoms with Crippen molar-refractivity contribution in [1.29, 1.82) is 0 Å². The van der Waals surface area contributed by atoms with E-state index in [9.17, 15) is 40.7 Å². The molecule has 1 aliphatic heterocycles. The number of aryl methyl sites for hydroxylation is 2. The van der Waals surface area contributed by atoms with E-state index in [-0.39, 0.29) is 18.2 Å². The van der Waals surface area contributed by atoms with Crippen molar-refractivity contribution in [3.05, 3.63) is 94.5 Å². The largest absolute Gasteiger partial charge is 0.461 e. The van der Waals surface area contributed by atoms with Crippen LogP contribution in [0.3, 0.4) is 0 Å². The van der Waals surface area contributed by atoms with Gasteiger partial charge in [0.2, 0.25) is 11.8 Å². The number of nitrogens with zero attached hydrogens (tertiary/aromatic N) is 1. The average Bonchev–Trinajstić information content (AvgIpc) is 3.23. The second kappa shape index (κ2) is 10.9. The van der Waals surface area contributed by atoms with E-state index in [0.29, 0.717) is 28.9 Å². The average molecular weight is 579 g/mol. The Morgan fingerprint density at radius 2 is 1.44 bits per heavy atom. The molecule has 0 bridgehead atoms. The summed E-state index contributed by atoms with van der Waals surface area (Å²) in [5, 5.41) is 2.13. The molecule has 1 heterocycles. The van der Waals surface area contributed by atoms with Gasteiger partial charge in [0.25, 0.3) is 0 Å². The number of benzene rings is 3. The first-order chi connectivity index (χ1) is 19.1. The number of amides is 2. The van der Waals surface area contributed by atoms with Crippen LogP contribution in [0.4, 0.5) is 37.7 Å². The lowest BCUT2D eigenvalue weighted by atomic mass is 9.86. The van der Waals surface area contributed by atoms with Crippen molar-refractivity contribution in [3.63, 3.8) is 0 Å². The molecule has 0 saturated carbocycles. The number of carbonyl (C=O) groups excluding carboxylic acids is 3. The molecule has 3 aromatic carbocycles. The summed E-state index contributed by atoms with van der Waals surface area (Å²) in [6, 6.07) is 13.7. The first kappa shape index (κ1) is 29.6. The van der Waals surface area contributed by atoms with Gasteiger partial charge in [-0.3, -0.25) is 9.59 Å². The van der Waals surface area contributed by atoms with E-state index >= 15 is 0 Å². The number of para-hydroxylation sites is 1. The number of nitrogens with one attached hydrogen (secondary N) is 1. The maximum absolute atomic E-state index is 13.7. The molecule has 12 heteroatoms. The van der Waals surface area contributed by atoms with Crippen molar-refractivity contribution in [2.75, 3.05) is 23.4 Å². The summed E-state index contributed by atoms with van der Waals surface area (Å²) in [6.45, 7) is 2.49. The zero-order chi connectivity index (χ0) is 30.2. The van der Waals surface area contributed by atoms with Gasteiger partial charge in [-0.1, -0.05) is 36.4 Å². The third-order valence-electron chi connectivity index (χ3n) is 6.78. The summed E-state index contributed by atoms with van der Waals surface area (Å²) in [5.41, 5.74) is -3.80. The fourth-order valence-electron chi connectivity index (χ4n) is 4.73. The standard InChI is InChI=1S/C29H24F6N2O4/c1-17-7-6-8-18(2)24(17)37-15-27(14-23(37)38,16-41-25(39)19-9-4-3-5-10-19)26(40)36-22-12-20(28(30,31)32)11-21(13-22)29(33,34)35/h3-13H,14-16H2,1-2H3,(H,36,40). The van der Waals surface area contributed by atoms with Crippen LogP contribution in [0.15, 0.2) is 66.7 Å². The van der Waals surface area contributed by atoms with Gasteiger partial charge in [0.1, 0.15) is 12.0 Å². The Bertz CT molecular complexity index is 1430. The van der Waals surface area contributed by atoms with E-state index in [1.807, 2.05) is 0 Å². The van der Waals surface area contributed by atoms with Gasteiger partial charge >= 0.3 is 18.3 Å². The Morgan fingerprint density at radius 1 is 0.878 bits per heavy atom. The molecule has 0 spiro atoms. The zero-order valence-corrected chi connectivity index (χ0v) is 21.8. The quantitative estimate of drug-likeness (QED) is 0.266. The topological polar surface area (TPSA) is 75.7 Å².